The molecule has 1 aliphatic carbocycles. The maximum atomic E-state index is 12.5. The van der Waals surface area contributed by atoms with E-state index in [1.165, 1.54) is 0 Å². The molecule has 1 saturated carbocycles. The van der Waals surface area contributed by atoms with Crippen molar-refractivity contribution >= 4 is 23.6 Å². The molecule has 2 N–H and O–H groups in total. The predicted octanol–water partition coefficient (Wildman–Crippen LogP) is 3.40. The Bertz CT molecular complexity index is 1110. The third kappa shape index (κ3) is 5.57. The molecule has 1 aromatic heterocycles. The fourth-order valence-electron chi connectivity index (χ4n) is 4.25. The SMILES string of the molecule is CCOc1ccccc1C(=O)NCC(=O)OCC(=O)Nc1c(C#N)c(C)c(C)n1C1CCCC1. The first-order chi connectivity index (χ1) is 16.4. The van der Waals surface area contributed by atoms with Crippen molar-refractivity contribution in [1.29, 1.82) is 5.26 Å². The molecule has 2 amide bonds. The molecule has 0 unspecified atom stereocenters. The number of amides is 2. The number of anilines is 1. The van der Waals surface area contributed by atoms with E-state index < -0.39 is 30.9 Å². The molecule has 0 spiro atoms. The molecule has 2 aromatic rings. The lowest BCUT2D eigenvalue weighted by Crippen LogP contribution is -2.32. The van der Waals surface area contributed by atoms with Gasteiger partial charge in [0.1, 0.15) is 24.2 Å². The van der Waals surface area contributed by atoms with Crippen LogP contribution in [0.25, 0.3) is 0 Å². The molecule has 0 bridgehead atoms. The zero-order chi connectivity index (χ0) is 24.7. The molecule has 1 fully saturated rings. The summed E-state index contributed by atoms with van der Waals surface area (Å²) in [7, 11) is 0. The molecule has 0 saturated heterocycles. The molecule has 9 nitrogen and oxygen atoms in total. The lowest BCUT2D eigenvalue weighted by molar-refractivity contribution is -0.146. The van der Waals surface area contributed by atoms with Gasteiger partial charge in [0.25, 0.3) is 11.8 Å². The number of aromatic nitrogens is 1. The summed E-state index contributed by atoms with van der Waals surface area (Å²) < 4.78 is 12.5. The molecule has 0 atom stereocenters. The molecule has 9 heteroatoms. The second-order valence-corrected chi connectivity index (χ2v) is 8.17. The summed E-state index contributed by atoms with van der Waals surface area (Å²) in [6, 6.07) is 9.11. The molecule has 180 valence electrons. The Morgan fingerprint density at radius 1 is 1.18 bits per heavy atom. The number of carbonyl (C=O) groups excluding carboxylic acids is 3. The molecule has 1 aromatic carbocycles. The molecule has 1 heterocycles. The summed E-state index contributed by atoms with van der Waals surface area (Å²) in [5.41, 5.74) is 2.50. The minimum atomic E-state index is -0.753. The fourth-order valence-corrected chi connectivity index (χ4v) is 4.25. The number of rotatable bonds is 9. The van der Waals surface area contributed by atoms with Crippen LogP contribution >= 0.6 is 0 Å². The highest BCUT2D eigenvalue weighted by Crippen LogP contribution is 2.37. The average Bonchev–Trinajstić information content (AvgIpc) is 3.43. The van der Waals surface area contributed by atoms with E-state index in [0.717, 1.165) is 36.9 Å². The van der Waals surface area contributed by atoms with Crippen LogP contribution in [-0.4, -0.2) is 42.1 Å². The molecule has 34 heavy (non-hydrogen) atoms. The van der Waals surface area contributed by atoms with Gasteiger partial charge in [0.2, 0.25) is 0 Å². The number of carbonyl (C=O) groups is 3. The lowest BCUT2D eigenvalue weighted by Gasteiger charge is -2.19. The Balaban J connectivity index is 1.57. The number of ether oxygens (including phenoxy) is 2. The Kier molecular flexibility index (Phi) is 8.30. The van der Waals surface area contributed by atoms with E-state index >= 15 is 0 Å². The summed E-state index contributed by atoms with van der Waals surface area (Å²) in [4.78, 5) is 37.0. The topological polar surface area (TPSA) is 122 Å². The number of nitrogens with zero attached hydrogens (tertiary/aromatic N) is 2. The van der Waals surface area contributed by atoms with Crippen LogP contribution < -0.4 is 15.4 Å². The van der Waals surface area contributed by atoms with E-state index in [-0.39, 0.29) is 6.04 Å². The fraction of sp³-hybridized carbons (Fsp3) is 0.440. The van der Waals surface area contributed by atoms with Gasteiger partial charge in [-0.15, -0.1) is 0 Å². The van der Waals surface area contributed by atoms with Gasteiger partial charge in [-0.1, -0.05) is 25.0 Å². The van der Waals surface area contributed by atoms with E-state index in [0.29, 0.717) is 29.3 Å². The predicted molar refractivity (Wildman–Crippen MR) is 126 cm³/mol. The maximum Gasteiger partial charge on any atom is 0.325 e. The van der Waals surface area contributed by atoms with E-state index in [1.807, 2.05) is 25.3 Å². The Labute approximate surface area is 199 Å². The van der Waals surface area contributed by atoms with Crippen LogP contribution in [0.1, 0.15) is 65.8 Å². The first kappa shape index (κ1) is 24.8. The van der Waals surface area contributed by atoms with Crippen molar-refractivity contribution in [2.45, 2.75) is 52.5 Å². The Morgan fingerprint density at radius 3 is 2.56 bits per heavy atom. The van der Waals surface area contributed by atoms with Crippen molar-refractivity contribution in [3.05, 3.63) is 46.6 Å². The van der Waals surface area contributed by atoms with Gasteiger partial charge in [-0.25, -0.2) is 0 Å². The normalized spacial score (nSPS) is 13.2. The molecule has 0 aliphatic heterocycles. The molecular formula is C25H30N4O5. The monoisotopic (exact) mass is 466 g/mol. The highest BCUT2D eigenvalue weighted by Gasteiger charge is 2.27. The summed E-state index contributed by atoms with van der Waals surface area (Å²) in [5, 5.41) is 14.9. The zero-order valence-electron chi connectivity index (χ0n) is 19.8. The van der Waals surface area contributed by atoms with Crippen molar-refractivity contribution in [2.75, 3.05) is 25.1 Å². The lowest BCUT2D eigenvalue weighted by atomic mass is 10.2. The molecule has 3 rings (SSSR count). The number of nitrogens with one attached hydrogen (secondary N) is 2. The Hall–Kier alpha value is -3.80. The molecule has 0 radical (unpaired) electrons. The van der Waals surface area contributed by atoms with Crippen molar-refractivity contribution in [2.24, 2.45) is 0 Å². The number of esters is 1. The number of hydrogen-bond donors (Lipinski definition) is 2. The van der Waals surface area contributed by atoms with E-state index in [4.69, 9.17) is 9.47 Å². The van der Waals surface area contributed by atoms with Crippen molar-refractivity contribution in [3.8, 4) is 11.8 Å². The molecule has 1 aliphatic rings. The first-order valence-corrected chi connectivity index (χ1v) is 11.4. The van der Waals surface area contributed by atoms with Crippen LogP contribution in [0.15, 0.2) is 24.3 Å². The number of benzene rings is 1. The van der Waals surface area contributed by atoms with Gasteiger partial charge < -0.3 is 24.7 Å². The van der Waals surface area contributed by atoms with Gasteiger partial charge in [-0.2, -0.15) is 5.26 Å². The third-order valence-electron chi connectivity index (χ3n) is 6.01. The third-order valence-corrected chi connectivity index (χ3v) is 6.01. The van der Waals surface area contributed by atoms with Crippen LogP contribution in [0.3, 0.4) is 0 Å². The van der Waals surface area contributed by atoms with Gasteiger partial charge in [-0.05, 0) is 51.3 Å². The number of para-hydroxylation sites is 1. The molecular weight excluding hydrogens is 436 g/mol. The number of hydrogen-bond acceptors (Lipinski definition) is 6. The van der Waals surface area contributed by atoms with Crippen LogP contribution in [-0.2, 0) is 14.3 Å². The average molecular weight is 467 g/mol. The maximum absolute atomic E-state index is 12.5. The van der Waals surface area contributed by atoms with E-state index in [9.17, 15) is 19.6 Å². The second kappa shape index (κ2) is 11.4. The van der Waals surface area contributed by atoms with Gasteiger partial charge in [-0.3, -0.25) is 14.4 Å². The summed E-state index contributed by atoms with van der Waals surface area (Å²) in [6.07, 6.45) is 4.19. The smallest absolute Gasteiger partial charge is 0.325 e. The van der Waals surface area contributed by atoms with Crippen molar-refractivity contribution < 1.29 is 23.9 Å². The van der Waals surface area contributed by atoms with Crippen molar-refractivity contribution in [1.82, 2.24) is 9.88 Å². The van der Waals surface area contributed by atoms with Crippen LogP contribution in [0, 0.1) is 25.2 Å². The summed E-state index contributed by atoms with van der Waals surface area (Å²) >= 11 is 0. The highest BCUT2D eigenvalue weighted by atomic mass is 16.5. The zero-order valence-corrected chi connectivity index (χ0v) is 19.8. The minimum Gasteiger partial charge on any atom is -0.493 e. The van der Waals surface area contributed by atoms with Crippen LogP contribution in [0.5, 0.6) is 5.75 Å². The van der Waals surface area contributed by atoms with Gasteiger partial charge >= 0.3 is 5.97 Å². The quantitative estimate of drug-likeness (QED) is 0.546. The van der Waals surface area contributed by atoms with Gasteiger partial charge in [0, 0.05) is 11.7 Å². The summed E-state index contributed by atoms with van der Waals surface area (Å²) in [5.74, 6) is -0.916. The first-order valence-electron chi connectivity index (χ1n) is 11.4. The van der Waals surface area contributed by atoms with Gasteiger partial charge in [0.15, 0.2) is 6.61 Å². The summed E-state index contributed by atoms with van der Waals surface area (Å²) in [6.45, 7) is 5.09. The Morgan fingerprint density at radius 2 is 1.88 bits per heavy atom. The van der Waals surface area contributed by atoms with Crippen LogP contribution in [0.2, 0.25) is 0 Å². The van der Waals surface area contributed by atoms with Crippen molar-refractivity contribution in [3.63, 3.8) is 0 Å². The number of nitriles is 1. The standard InChI is InChI=1S/C25H30N4O5/c1-4-33-21-12-8-7-11-19(21)25(32)27-14-23(31)34-15-22(30)28-24-20(13-26)16(2)17(3)29(24)18-9-5-6-10-18/h7-8,11-12,18H,4-6,9-10,14-15H2,1-3H3,(H,27,32)(H,28,30). The minimum absolute atomic E-state index is 0.230. The second-order valence-electron chi connectivity index (χ2n) is 8.17. The van der Waals surface area contributed by atoms with Crippen LogP contribution in [0.4, 0.5) is 5.82 Å². The van der Waals surface area contributed by atoms with E-state index in [2.05, 4.69) is 16.7 Å². The van der Waals surface area contributed by atoms with E-state index in [1.54, 1.807) is 24.3 Å². The highest BCUT2D eigenvalue weighted by molar-refractivity contribution is 5.98. The van der Waals surface area contributed by atoms with Gasteiger partial charge in [0.05, 0.1) is 17.7 Å². The largest absolute Gasteiger partial charge is 0.493 e.